The summed E-state index contributed by atoms with van der Waals surface area (Å²) in [6.07, 6.45) is 0. The van der Waals surface area contributed by atoms with Crippen LogP contribution >= 0.6 is 0 Å². The summed E-state index contributed by atoms with van der Waals surface area (Å²) in [5.74, 6) is 0.876. The minimum absolute atomic E-state index is 0.0490. The molecule has 0 amide bonds. The molecule has 0 heterocycles. The molecule has 0 aliphatic rings. The van der Waals surface area contributed by atoms with Crippen LogP contribution in [0.4, 0.5) is 5.69 Å². The highest BCUT2D eigenvalue weighted by Gasteiger charge is 2.03. The molecule has 0 aliphatic carbocycles. The number of aryl methyl sites for hydroxylation is 2. The smallest absolute Gasteiger partial charge is 0.122 e. The fraction of sp³-hybridized carbons (Fsp3) is 0.400. The van der Waals surface area contributed by atoms with Crippen LogP contribution in [0.3, 0.4) is 0 Å². The molecule has 1 aromatic carbocycles. The first kappa shape index (κ1) is 9.86. The van der Waals surface area contributed by atoms with Gasteiger partial charge in [0.15, 0.2) is 0 Å². The Hall–Kier alpha value is -1.22. The summed E-state index contributed by atoms with van der Waals surface area (Å²) in [5, 5.41) is 11.6. The van der Waals surface area contributed by atoms with Crippen molar-refractivity contribution in [2.24, 2.45) is 0 Å². The van der Waals surface area contributed by atoms with Gasteiger partial charge in [0.05, 0.1) is 7.11 Å². The normalized spacial score (nSPS) is 9.85. The van der Waals surface area contributed by atoms with Crippen LogP contribution in [0.5, 0.6) is 5.75 Å². The molecule has 3 nitrogen and oxygen atoms in total. The van der Waals surface area contributed by atoms with Crippen LogP contribution in [-0.2, 0) is 0 Å². The first-order valence-corrected chi connectivity index (χ1v) is 4.19. The lowest BCUT2D eigenvalue weighted by atomic mass is 10.1. The van der Waals surface area contributed by atoms with Crippen LogP contribution in [0.15, 0.2) is 12.1 Å². The number of methoxy groups -OCH3 is 1. The van der Waals surface area contributed by atoms with E-state index in [2.05, 4.69) is 5.32 Å². The molecule has 72 valence electrons. The second kappa shape index (κ2) is 4.14. The van der Waals surface area contributed by atoms with Gasteiger partial charge in [-0.05, 0) is 37.1 Å². The van der Waals surface area contributed by atoms with Gasteiger partial charge in [0.1, 0.15) is 12.5 Å². The number of ether oxygens (including phenoxy) is 1. The van der Waals surface area contributed by atoms with Crippen LogP contribution < -0.4 is 10.1 Å². The van der Waals surface area contributed by atoms with Crippen LogP contribution in [0, 0.1) is 13.8 Å². The lowest BCUT2D eigenvalue weighted by molar-refractivity contribution is 0.325. The number of nitrogens with one attached hydrogen (secondary N) is 1. The largest absolute Gasteiger partial charge is 0.496 e. The molecule has 0 unspecified atom stereocenters. The summed E-state index contributed by atoms with van der Waals surface area (Å²) in [4.78, 5) is 0. The number of benzene rings is 1. The predicted octanol–water partition coefficient (Wildman–Crippen LogP) is 1.67. The molecule has 2 N–H and O–H groups in total. The summed E-state index contributed by atoms with van der Waals surface area (Å²) >= 11 is 0. The van der Waals surface area contributed by atoms with Gasteiger partial charge in [0.2, 0.25) is 0 Å². The average molecular weight is 181 g/mol. The third-order valence-electron chi connectivity index (χ3n) is 2.01. The molecule has 0 fully saturated rings. The van der Waals surface area contributed by atoms with Gasteiger partial charge in [0.25, 0.3) is 0 Å². The highest BCUT2D eigenvalue weighted by molar-refractivity contribution is 5.56. The minimum Gasteiger partial charge on any atom is -0.496 e. The predicted molar refractivity (Wildman–Crippen MR) is 53.2 cm³/mol. The maximum Gasteiger partial charge on any atom is 0.122 e. The molecule has 0 saturated carbocycles. The van der Waals surface area contributed by atoms with Crippen LogP contribution in [-0.4, -0.2) is 18.9 Å². The molecule has 1 aromatic rings. The van der Waals surface area contributed by atoms with E-state index in [-0.39, 0.29) is 6.73 Å². The van der Waals surface area contributed by atoms with Crippen molar-refractivity contribution < 1.29 is 9.84 Å². The summed E-state index contributed by atoms with van der Waals surface area (Å²) in [5.41, 5.74) is 3.07. The van der Waals surface area contributed by atoms with Crippen molar-refractivity contribution in [1.82, 2.24) is 0 Å². The van der Waals surface area contributed by atoms with E-state index < -0.39 is 0 Å². The van der Waals surface area contributed by atoms with E-state index in [9.17, 15) is 0 Å². The zero-order chi connectivity index (χ0) is 9.84. The van der Waals surface area contributed by atoms with Gasteiger partial charge in [-0.3, -0.25) is 0 Å². The number of hydrogen-bond donors (Lipinski definition) is 2. The Morgan fingerprint density at radius 3 is 2.54 bits per heavy atom. The second-order valence-corrected chi connectivity index (χ2v) is 2.97. The number of rotatable bonds is 3. The zero-order valence-electron chi connectivity index (χ0n) is 8.22. The Kier molecular flexibility index (Phi) is 3.14. The molecule has 3 heteroatoms. The van der Waals surface area contributed by atoms with Crippen LogP contribution in [0.1, 0.15) is 11.1 Å². The Morgan fingerprint density at radius 1 is 1.31 bits per heavy atom. The first-order valence-electron chi connectivity index (χ1n) is 4.19. The topological polar surface area (TPSA) is 41.5 Å². The van der Waals surface area contributed by atoms with E-state index in [1.807, 2.05) is 26.0 Å². The third kappa shape index (κ3) is 2.12. The summed E-state index contributed by atoms with van der Waals surface area (Å²) in [7, 11) is 1.65. The third-order valence-corrected chi connectivity index (χ3v) is 2.01. The number of aliphatic hydroxyl groups excluding tert-OH is 1. The van der Waals surface area contributed by atoms with Gasteiger partial charge in [-0.25, -0.2) is 0 Å². The van der Waals surface area contributed by atoms with Crippen LogP contribution in [0.2, 0.25) is 0 Å². The van der Waals surface area contributed by atoms with E-state index in [0.29, 0.717) is 0 Å². The number of anilines is 1. The second-order valence-electron chi connectivity index (χ2n) is 2.97. The maximum atomic E-state index is 8.72. The molecular formula is C10H15NO2. The molecule has 13 heavy (non-hydrogen) atoms. The first-order chi connectivity index (χ1) is 6.19. The van der Waals surface area contributed by atoms with Crippen molar-refractivity contribution in [2.75, 3.05) is 19.2 Å². The summed E-state index contributed by atoms with van der Waals surface area (Å²) < 4.78 is 5.17. The molecule has 0 aromatic heterocycles. The minimum atomic E-state index is -0.0490. The number of aliphatic hydroxyl groups is 1. The maximum absolute atomic E-state index is 8.72. The molecule has 0 bridgehead atoms. The molecule has 1 rings (SSSR count). The molecule has 0 radical (unpaired) electrons. The quantitative estimate of drug-likeness (QED) is 0.697. The van der Waals surface area contributed by atoms with Gasteiger partial charge < -0.3 is 15.2 Å². The van der Waals surface area contributed by atoms with Gasteiger partial charge in [-0.15, -0.1) is 0 Å². The van der Waals surface area contributed by atoms with Crippen molar-refractivity contribution >= 4 is 5.69 Å². The lowest BCUT2D eigenvalue weighted by Gasteiger charge is -2.11. The molecular weight excluding hydrogens is 166 g/mol. The van der Waals surface area contributed by atoms with Gasteiger partial charge in [-0.1, -0.05) is 0 Å². The van der Waals surface area contributed by atoms with Crippen molar-refractivity contribution in [3.05, 3.63) is 23.3 Å². The Bertz CT molecular complexity index is 297. The fourth-order valence-electron chi connectivity index (χ4n) is 1.29. The highest BCUT2D eigenvalue weighted by atomic mass is 16.5. The van der Waals surface area contributed by atoms with Crippen molar-refractivity contribution in [3.8, 4) is 5.75 Å². The SMILES string of the molecule is COc1cc(C)c(NCO)cc1C. The van der Waals surface area contributed by atoms with Gasteiger partial charge in [-0.2, -0.15) is 0 Å². The monoisotopic (exact) mass is 181 g/mol. The number of hydrogen-bond acceptors (Lipinski definition) is 3. The standard InChI is InChI=1S/C10H15NO2/c1-7-5-10(13-3)8(2)4-9(7)11-6-12/h4-5,11-12H,6H2,1-3H3. The molecule has 0 saturated heterocycles. The van der Waals surface area contributed by atoms with Gasteiger partial charge in [0, 0.05) is 5.69 Å². The summed E-state index contributed by atoms with van der Waals surface area (Å²) in [6.45, 7) is 3.90. The van der Waals surface area contributed by atoms with E-state index in [1.54, 1.807) is 7.11 Å². The van der Waals surface area contributed by atoms with E-state index in [1.165, 1.54) is 0 Å². The Morgan fingerprint density at radius 2 is 2.00 bits per heavy atom. The van der Waals surface area contributed by atoms with Crippen molar-refractivity contribution in [1.29, 1.82) is 0 Å². The van der Waals surface area contributed by atoms with Crippen LogP contribution in [0.25, 0.3) is 0 Å². The van der Waals surface area contributed by atoms with E-state index in [4.69, 9.17) is 9.84 Å². The van der Waals surface area contributed by atoms with E-state index in [0.717, 1.165) is 22.6 Å². The highest BCUT2D eigenvalue weighted by Crippen LogP contribution is 2.25. The molecule has 0 atom stereocenters. The van der Waals surface area contributed by atoms with Gasteiger partial charge >= 0.3 is 0 Å². The van der Waals surface area contributed by atoms with Crippen molar-refractivity contribution in [3.63, 3.8) is 0 Å². The zero-order valence-corrected chi connectivity index (χ0v) is 8.22. The Balaban J connectivity index is 3.05. The summed E-state index contributed by atoms with van der Waals surface area (Å²) in [6, 6.07) is 3.91. The molecule has 0 spiro atoms. The lowest BCUT2D eigenvalue weighted by Crippen LogP contribution is -2.02. The average Bonchev–Trinajstić information content (AvgIpc) is 2.11. The van der Waals surface area contributed by atoms with E-state index >= 15 is 0 Å². The Labute approximate surface area is 78.3 Å². The molecule has 0 aliphatic heterocycles. The fourth-order valence-corrected chi connectivity index (χ4v) is 1.29. The van der Waals surface area contributed by atoms with Crippen molar-refractivity contribution in [2.45, 2.75) is 13.8 Å².